The molecule has 250 valence electrons. The number of carboxylic acids is 2. The van der Waals surface area contributed by atoms with Crippen molar-refractivity contribution in [2.45, 2.75) is 30.9 Å². The number of aromatic nitrogens is 1. The number of aromatic hydroxyl groups is 2. The number of phenols is 2. The van der Waals surface area contributed by atoms with Crippen LogP contribution < -0.4 is 16.2 Å². The predicted molar refractivity (Wildman–Crippen MR) is 165 cm³/mol. The monoisotopic (exact) mass is 688 g/mol. The third-order valence-corrected chi connectivity index (χ3v) is 9.70. The number of benzene rings is 1. The first-order valence-electron chi connectivity index (χ1n) is 14.1. The highest BCUT2D eigenvalue weighted by Crippen LogP contribution is 2.40. The van der Waals surface area contributed by atoms with E-state index >= 15 is 0 Å². The van der Waals surface area contributed by atoms with E-state index in [0.29, 0.717) is 31.8 Å². The number of piperazine rings is 1. The number of carboxylic acid groups (broad SMARTS) is 2. The van der Waals surface area contributed by atoms with Crippen molar-refractivity contribution in [3.8, 4) is 11.5 Å². The summed E-state index contributed by atoms with van der Waals surface area (Å²) in [5, 5.41) is 47.9. The second-order valence-corrected chi connectivity index (χ2v) is 13.3. The molecular weight excluding hydrogens is 658 g/mol. The molecule has 1 aromatic carbocycles. The number of nitrogen functional groups attached to an aromatic ring is 1. The Labute approximate surface area is 275 Å². The van der Waals surface area contributed by atoms with Crippen molar-refractivity contribution in [2.75, 3.05) is 44.2 Å². The van der Waals surface area contributed by atoms with Crippen LogP contribution in [0.4, 0.5) is 5.13 Å². The fourth-order valence-electron chi connectivity index (χ4n) is 5.02. The first-order valence-corrected chi connectivity index (χ1v) is 16.0. The molecule has 19 heteroatoms. The Morgan fingerprint density at radius 1 is 1.17 bits per heavy atom. The number of amides is 3. The average molecular weight is 689 g/mol. The maximum Gasteiger partial charge on any atom is 0.350 e. The Balaban J connectivity index is 1.25. The number of thioether (sulfide) groups is 1. The first-order chi connectivity index (χ1) is 22.2. The van der Waals surface area contributed by atoms with Crippen LogP contribution in [0, 0.1) is 0 Å². The van der Waals surface area contributed by atoms with Gasteiger partial charge in [-0.15, -0.1) is 23.1 Å². The topological polar surface area (TPSA) is 251 Å². The van der Waals surface area contributed by atoms with Gasteiger partial charge in [-0.05, 0) is 37.6 Å². The molecule has 2 aromatic rings. The Hall–Kier alpha value is -4.88. The van der Waals surface area contributed by atoms with E-state index < -0.39 is 52.2 Å². The maximum atomic E-state index is 13.3. The van der Waals surface area contributed by atoms with Crippen LogP contribution in [0.2, 0.25) is 0 Å². The van der Waals surface area contributed by atoms with Gasteiger partial charge in [0.15, 0.2) is 22.3 Å². The summed E-state index contributed by atoms with van der Waals surface area (Å²) >= 11 is 2.25. The molecule has 3 aliphatic rings. The number of anilines is 1. The van der Waals surface area contributed by atoms with Crippen LogP contribution in [0.3, 0.4) is 0 Å². The normalized spacial score (nSPS) is 20.4. The van der Waals surface area contributed by atoms with Gasteiger partial charge in [0.05, 0.1) is 11.7 Å². The van der Waals surface area contributed by atoms with Crippen molar-refractivity contribution in [3.05, 3.63) is 46.1 Å². The zero-order valence-electron chi connectivity index (χ0n) is 25.0. The van der Waals surface area contributed by atoms with Crippen LogP contribution in [0.25, 0.3) is 0 Å². The van der Waals surface area contributed by atoms with Crippen LogP contribution in [0.5, 0.6) is 11.5 Å². The van der Waals surface area contributed by atoms with Crippen molar-refractivity contribution < 1.29 is 49.2 Å². The number of carbonyl (C=O) groups excluding carboxylic acids is 4. The number of oxime groups is 1. The van der Waals surface area contributed by atoms with Crippen LogP contribution in [-0.4, -0.2) is 126 Å². The van der Waals surface area contributed by atoms with E-state index in [1.165, 1.54) is 49.2 Å². The van der Waals surface area contributed by atoms with E-state index in [9.17, 15) is 44.4 Å². The van der Waals surface area contributed by atoms with Crippen molar-refractivity contribution in [1.82, 2.24) is 25.0 Å². The minimum Gasteiger partial charge on any atom is -0.543 e. The molecule has 47 heavy (non-hydrogen) atoms. The molecule has 4 heterocycles. The van der Waals surface area contributed by atoms with Crippen LogP contribution >= 0.6 is 23.1 Å². The Bertz CT molecular complexity index is 1700. The first kappa shape index (κ1) is 33.5. The average Bonchev–Trinajstić information content (AvgIpc) is 3.46. The number of hydrogen-bond donors (Lipinski definition) is 5. The lowest BCUT2D eigenvalue weighted by atomic mass is 10.0. The molecule has 3 aliphatic heterocycles. The summed E-state index contributed by atoms with van der Waals surface area (Å²) in [4.78, 5) is 76.8. The molecule has 5 rings (SSSR count). The summed E-state index contributed by atoms with van der Waals surface area (Å²) in [6.45, 7) is 4.11. The lowest BCUT2D eigenvalue weighted by molar-refractivity contribution is -0.301. The number of nitrogens with two attached hydrogens (primary N) is 1. The van der Waals surface area contributed by atoms with Gasteiger partial charge < -0.3 is 46.0 Å². The molecule has 0 radical (unpaired) electrons. The molecule has 0 aliphatic carbocycles. The van der Waals surface area contributed by atoms with Gasteiger partial charge in [-0.25, -0.2) is 9.78 Å². The fraction of sp³-hybridized carbons (Fsp3) is 0.393. The molecule has 2 unspecified atom stereocenters. The lowest BCUT2D eigenvalue weighted by Crippen LogP contribution is -2.71. The highest BCUT2D eigenvalue weighted by atomic mass is 32.2. The van der Waals surface area contributed by atoms with E-state index in [1.807, 2.05) is 4.90 Å². The molecule has 2 saturated heterocycles. The number of nitrogens with zero attached hydrogens (tertiary/aromatic N) is 5. The Morgan fingerprint density at radius 3 is 2.47 bits per heavy atom. The second kappa shape index (κ2) is 13.1. The highest BCUT2D eigenvalue weighted by Gasteiger charge is 2.53. The minimum atomic E-state index is -1.79. The number of β-lactam (4-membered cyclic amide) rings is 1. The van der Waals surface area contributed by atoms with Gasteiger partial charge in [-0.2, -0.15) is 0 Å². The standard InChI is InChI=1S/C28H31N7O10S2/c1-28(2,26(43)44)45-32-18(15-12-47-27(29)30-15)21(38)31-19-23(40)35-20(25(41)42)14(11-46-24(19)35)10-33-5-7-34(8-6-33)22(39)13-3-4-16(36)17(37)9-13/h3-4,9,12,19,24,36-37H,5-8,10-11H2,1-2H3,(H2,29,30)(H,31,38)(H,41,42)(H,43,44)/p-1/b32-18-. The number of rotatable bonds is 10. The molecular formula is C28H30N7O10S2-. The summed E-state index contributed by atoms with van der Waals surface area (Å²) in [6.07, 6.45) is 0. The van der Waals surface area contributed by atoms with Gasteiger partial charge >= 0.3 is 5.97 Å². The van der Waals surface area contributed by atoms with Gasteiger partial charge in [0.1, 0.15) is 17.1 Å². The summed E-state index contributed by atoms with van der Waals surface area (Å²) in [7, 11) is 0. The zero-order chi connectivity index (χ0) is 34.2. The SMILES string of the molecule is CC(C)(O/N=C(\C(=O)NC1C(=O)N2C(C(=O)[O-])=C(CN3CCN(C(=O)c4ccc(O)c(O)c4)CC3)CSC12)c1csc(N)n1)C(=O)O. The Kier molecular flexibility index (Phi) is 9.32. The molecule has 2 atom stereocenters. The van der Waals surface area contributed by atoms with E-state index in [4.69, 9.17) is 10.6 Å². The Morgan fingerprint density at radius 2 is 1.87 bits per heavy atom. The largest absolute Gasteiger partial charge is 0.543 e. The third-order valence-electron chi connectivity index (χ3n) is 7.68. The number of thiazole rings is 1. The van der Waals surface area contributed by atoms with E-state index in [2.05, 4.69) is 15.5 Å². The van der Waals surface area contributed by atoms with E-state index in [-0.39, 0.29) is 46.0 Å². The highest BCUT2D eigenvalue weighted by molar-refractivity contribution is 8.00. The lowest BCUT2D eigenvalue weighted by Gasteiger charge is -2.51. The number of nitrogens with one attached hydrogen (secondary N) is 1. The van der Waals surface area contributed by atoms with Gasteiger partial charge in [-0.1, -0.05) is 5.16 Å². The minimum absolute atomic E-state index is 0.00766. The number of hydrogen-bond acceptors (Lipinski definition) is 15. The molecule has 3 amide bonds. The van der Waals surface area contributed by atoms with Gasteiger partial charge in [0, 0.05) is 49.4 Å². The summed E-state index contributed by atoms with van der Waals surface area (Å²) < 4.78 is 0. The second-order valence-electron chi connectivity index (χ2n) is 11.3. The number of phenolic OH excluding ortho intramolecular Hbond substituents is 2. The van der Waals surface area contributed by atoms with E-state index in [1.54, 1.807) is 4.90 Å². The van der Waals surface area contributed by atoms with Crippen LogP contribution in [0.15, 0.2) is 40.0 Å². The fourth-order valence-corrected chi connectivity index (χ4v) is 6.90. The van der Waals surface area contributed by atoms with Crippen molar-refractivity contribution in [3.63, 3.8) is 0 Å². The van der Waals surface area contributed by atoms with Crippen molar-refractivity contribution in [1.29, 1.82) is 0 Å². The summed E-state index contributed by atoms with van der Waals surface area (Å²) in [5.74, 6) is -5.34. The molecule has 2 fully saturated rings. The van der Waals surface area contributed by atoms with E-state index in [0.717, 1.165) is 16.2 Å². The molecule has 6 N–H and O–H groups in total. The van der Waals surface area contributed by atoms with Crippen LogP contribution in [0.1, 0.15) is 29.9 Å². The molecule has 17 nitrogen and oxygen atoms in total. The molecule has 0 spiro atoms. The quantitative estimate of drug-likeness (QED) is 0.0832. The van der Waals surface area contributed by atoms with Gasteiger partial charge in [-0.3, -0.25) is 24.2 Å². The van der Waals surface area contributed by atoms with Gasteiger partial charge in [0.2, 0.25) is 5.60 Å². The molecule has 0 bridgehead atoms. The van der Waals surface area contributed by atoms with Crippen molar-refractivity contribution in [2.24, 2.45) is 5.16 Å². The summed E-state index contributed by atoms with van der Waals surface area (Å²) in [6, 6.07) is 2.69. The van der Waals surface area contributed by atoms with Crippen LogP contribution in [-0.2, 0) is 24.0 Å². The summed E-state index contributed by atoms with van der Waals surface area (Å²) in [5.41, 5.74) is 3.85. The molecule has 0 saturated carbocycles. The number of carbonyl (C=O) groups is 5. The van der Waals surface area contributed by atoms with Gasteiger partial charge in [0.25, 0.3) is 17.7 Å². The molecule has 1 aromatic heterocycles. The smallest absolute Gasteiger partial charge is 0.350 e. The predicted octanol–water partition coefficient (Wildman–Crippen LogP) is -1.42. The van der Waals surface area contributed by atoms with Crippen molar-refractivity contribution >= 4 is 63.6 Å². The zero-order valence-corrected chi connectivity index (χ0v) is 26.7. The number of aliphatic carboxylic acids is 2. The maximum absolute atomic E-state index is 13.3. The number of fused-ring (bicyclic) bond motifs is 1. The third kappa shape index (κ3) is 6.81.